The maximum atomic E-state index is 5.96. The molecule has 2 rings (SSSR count). The minimum Gasteiger partial charge on any atom is -0.330 e. The van der Waals surface area contributed by atoms with Crippen LogP contribution in [0.3, 0.4) is 0 Å². The summed E-state index contributed by atoms with van der Waals surface area (Å²) >= 11 is 5.49. The van der Waals surface area contributed by atoms with Crippen molar-refractivity contribution in [1.82, 2.24) is 0 Å². The van der Waals surface area contributed by atoms with Gasteiger partial charge in [-0.2, -0.15) is 11.3 Å². The molecule has 0 radical (unpaired) electrons. The second-order valence-corrected chi connectivity index (χ2v) is 6.84. The van der Waals surface area contributed by atoms with Crippen molar-refractivity contribution in [3.05, 3.63) is 20.8 Å². The summed E-state index contributed by atoms with van der Waals surface area (Å²) in [5.41, 5.74) is 7.46. The van der Waals surface area contributed by atoms with Crippen molar-refractivity contribution in [2.45, 2.75) is 44.9 Å². The first-order valence-corrected chi connectivity index (χ1v) is 8.41. The Morgan fingerprint density at radius 3 is 2.82 bits per heavy atom. The molecule has 1 aliphatic carbocycles. The first-order chi connectivity index (χ1) is 8.26. The second kappa shape index (κ2) is 6.35. The highest BCUT2D eigenvalue weighted by atomic mass is 79.9. The summed E-state index contributed by atoms with van der Waals surface area (Å²) in [6, 6.07) is 0. The molecule has 1 aliphatic rings. The molecule has 1 heterocycles. The van der Waals surface area contributed by atoms with E-state index in [4.69, 9.17) is 5.73 Å². The third-order valence-corrected chi connectivity index (χ3v) is 5.90. The van der Waals surface area contributed by atoms with E-state index in [0.717, 1.165) is 12.5 Å². The van der Waals surface area contributed by atoms with Gasteiger partial charge in [-0.1, -0.05) is 26.2 Å². The summed E-state index contributed by atoms with van der Waals surface area (Å²) in [5.74, 6) is 2.29. The van der Waals surface area contributed by atoms with Gasteiger partial charge in [-0.25, -0.2) is 0 Å². The summed E-state index contributed by atoms with van der Waals surface area (Å²) in [5, 5.41) is 4.51. The number of thiophene rings is 1. The number of nitrogens with two attached hydrogens (primary N) is 1. The van der Waals surface area contributed by atoms with E-state index >= 15 is 0 Å². The Bertz CT molecular complexity index is 350. The molecule has 17 heavy (non-hydrogen) atoms. The number of hydrogen-bond acceptors (Lipinski definition) is 2. The Morgan fingerprint density at radius 1 is 1.41 bits per heavy atom. The van der Waals surface area contributed by atoms with Crippen molar-refractivity contribution in [2.75, 3.05) is 6.54 Å². The SMILES string of the molecule is CCCC1CCC(CN)C(c2cscc2Br)C1. The topological polar surface area (TPSA) is 26.0 Å². The Hall–Kier alpha value is 0.140. The minimum absolute atomic E-state index is 0.686. The van der Waals surface area contributed by atoms with Crippen LogP contribution in [0.1, 0.15) is 50.5 Å². The smallest absolute Gasteiger partial charge is 0.0317 e. The quantitative estimate of drug-likeness (QED) is 0.851. The fourth-order valence-corrected chi connectivity index (χ4v) is 4.87. The molecule has 0 aliphatic heterocycles. The van der Waals surface area contributed by atoms with Gasteiger partial charge in [0.1, 0.15) is 0 Å². The van der Waals surface area contributed by atoms with Gasteiger partial charge < -0.3 is 5.73 Å². The molecule has 1 saturated carbocycles. The van der Waals surface area contributed by atoms with E-state index in [2.05, 4.69) is 33.6 Å². The van der Waals surface area contributed by atoms with Crippen molar-refractivity contribution < 1.29 is 0 Å². The molecule has 3 heteroatoms. The molecule has 0 saturated heterocycles. The van der Waals surface area contributed by atoms with Gasteiger partial charge in [0.25, 0.3) is 0 Å². The lowest BCUT2D eigenvalue weighted by Crippen LogP contribution is -2.29. The fraction of sp³-hybridized carbons (Fsp3) is 0.714. The van der Waals surface area contributed by atoms with Crippen molar-refractivity contribution in [3.8, 4) is 0 Å². The van der Waals surface area contributed by atoms with Gasteiger partial charge in [0.15, 0.2) is 0 Å². The molecular formula is C14H22BrNS. The standard InChI is InChI=1S/C14H22BrNS/c1-2-3-10-4-5-11(7-16)12(6-10)13-8-17-9-14(13)15/h8-12H,2-7,16H2,1H3. The molecule has 0 bridgehead atoms. The average molecular weight is 316 g/mol. The van der Waals surface area contributed by atoms with Crippen LogP contribution >= 0.6 is 27.3 Å². The van der Waals surface area contributed by atoms with Gasteiger partial charge in [0.2, 0.25) is 0 Å². The number of halogens is 1. The zero-order valence-electron chi connectivity index (χ0n) is 10.5. The molecular weight excluding hydrogens is 294 g/mol. The lowest BCUT2D eigenvalue weighted by Gasteiger charge is -2.35. The molecule has 3 atom stereocenters. The number of hydrogen-bond donors (Lipinski definition) is 1. The summed E-state index contributed by atoms with van der Waals surface area (Å²) < 4.78 is 1.29. The summed E-state index contributed by atoms with van der Waals surface area (Å²) in [7, 11) is 0. The van der Waals surface area contributed by atoms with Gasteiger partial charge in [0, 0.05) is 9.85 Å². The lowest BCUT2D eigenvalue weighted by molar-refractivity contribution is 0.230. The van der Waals surface area contributed by atoms with Crippen LogP contribution in [0.25, 0.3) is 0 Å². The van der Waals surface area contributed by atoms with Gasteiger partial charge >= 0.3 is 0 Å². The Morgan fingerprint density at radius 2 is 2.24 bits per heavy atom. The maximum absolute atomic E-state index is 5.96. The Balaban J connectivity index is 2.13. The summed E-state index contributed by atoms with van der Waals surface area (Å²) in [6.07, 6.45) is 6.73. The van der Waals surface area contributed by atoms with Crippen LogP contribution in [0, 0.1) is 11.8 Å². The van der Waals surface area contributed by atoms with Crippen LogP contribution in [-0.4, -0.2) is 6.54 Å². The Labute approximate surface area is 117 Å². The predicted molar refractivity (Wildman–Crippen MR) is 79.6 cm³/mol. The molecule has 1 aromatic heterocycles. The van der Waals surface area contributed by atoms with E-state index < -0.39 is 0 Å². The zero-order chi connectivity index (χ0) is 12.3. The van der Waals surface area contributed by atoms with Crippen molar-refractivity contribution >= 4 is 27.3 Å². The van der Waals surface area contributed by atoms with E-state index in [1.54, 1.807) is 11.3 Å². The molecule has 3 unspecified atom stereocenters. The van der Waals surface area contributed by atoms with Crippen molar-refractivity contribution in [3.63, 3.8) is 0 Å². The van der Waals surface area contributed by atoms with Crippen LogP contribution in [0.5, 0.6) is 0 Å². The number of rotatable bonds is 4. The van der Waals surface area contributed by atoms with Crippen LogP contribution in [-0.2, 0) is 0 Å². The Kier molecular flexibility index (Phi) is 5.07. The van der Waals surface area contributed by atoms with Gasteiger partial charge in [-0.05, 0) is 64.0 Å². The molecule has 96 valence electrons. The second-order valence-electron chi connectivity index (χ2n) is 5.25. The molecule has 0 spiro atoms. The molecule has 1 nitrogen and oxygen atoms in total. The van der Waals surface area contributed by atoms with E-state index in [1.165, 1.54) is 42.1 Å². The van der Waals surface area contributed by atoms with Crippen LogP contribution in [0.4, 0.5) is 0 Å². The van der Waals surface area contributed by atoms with Crippen molar-refractivity contribution in [2.24, 2.45) is 17.6 Å². The van der Waals surface area contributed by atoms with Crippen LogP contribution in [0.2, 0.25) is 0 Å². The monoisotopic (exact) mass is 315 g/mol. The fourth-order valence-electron chi connectivity index (χ4n) is 3.21. The highest BCUT2D eigenvalue weighted by Crippen LogP contribution is 2.44. The molecule has 1 fully saturated rings. The lowest BCUT2D eigenvalue weighted by atomic mass is 9.70. The molecule has 2 N–H and O–H groups in total. The van der Waals surface area contributed by atoms with Gasteiger partial charge in [0.05, 0.1) is 0 Å². The highest BCUT2D eigenvalue weighted by Gasteiger charge is 2.31. The predicted octanol–water partition coefficient (Wildman–Crippen LogP) is 4.77. The van der Waals surface area contributed by atoms with Crippen LogP contribution < -0.4 is 5.73 Å². The first kappa shape index (κ1) is 13.6. The van der Waals surface area contributed by atoms with Crippen molar-refractivity contribution in [1.29, 1.82) is 0 Å². The molecule has 1 aromatic rings. The average Bonchev–Trinajstić information content (AvgIpc) is 2.76. The van der Waals surface area contributed by atoms with E-state index in [1.807, 2.05) is 0 Å². The normalized spacial score (nSPS) is 29.5. The summed E-state index contributed by atoms with van der Waals surface area (Å²) in [4.78, 5) is 0. The summed E-state index contributed by atoms with van der Waals surface area (Å²) in [6.45, 7) is 3.14. The van der Waals surface area contributed by atoms with Gasteiger partial charge in [-0.3, -0.25) is 0 Å². The van der Waals surface area contributed by atoms with Crippen LogP contribution in [0.15, 0.2) is 15.2 Å². The minimum atomic E-state index is 0.686. The highest BCUT2D eigenvalue weighted by molar-refractivity contribution is 9.10. The molecule has 0 amide bonds. The third kappa shape index (κ3) is 3.12. The van der Waals surface area contributed by atoms with E-state index in [9.17, 15) is 0 Å². The van der Waals surface area contributed by atoms with Gasteiger partial charge in [-0.15, -0.1) is 0 Å². The van der Waals surface area contributed by atoms with E-state index in [0.29, 0.717) is 11.8 Å². The van der Waals surface area contributed by atoms with E-state index in [-0.39, 0.29) is 0 Å². The molecule has 0 aromatic carbocycles. The largest absolute Gasteiger partial charge is 0.330 e. The third-order valence-electron chi connectivity index (χ3n) is 4.14. The maximum Gasteiger partial charge on any atom is 0.0317 e. The zero-order valence-corrected chi connectivity index (χ0v) is 12.9. The first-order valence-electron chi connectivity index (χ1n) is 6.67.